The van der Waals surface area contributed by atoms with Gasteiger partial charge in [0.2, 0.25) is 0 Å². The van der Waals surface area contributed by atoms with Gasteiger partial charge in [-0.1, -0.05) is 30.3 Å². The largest absolute Gasteiger partial charge is 0.461 e. The van der Waals surface area contributed by atoms with Crippen LogP contribution in [0.1, 0.15) is 23.0 Å². The Kier molecular flexibility index (Phi) is 5.34. The summed E-state index contributed by atoms with van der Waals surface area (Å²) in [6.07, 6.45) is 1.27. The Morgan fingerprint density at radius 3 is 2.81 bits per heavy atom. The number of nitrogens with zero attached hydrogens (tertiary/aromatic N) is 2. The first-order chi connectivity index (χ1) is 10.2. The summed E-state index contributed by atoms with van der Waals surface area (Å²) in [6.45, 7) is 2.86. The van der Waals surface area contributed by atoms with Gasteiger partial charge in [-0.15, -0.1) is 0 Å². The molecule has 2 rings (SSSR count). The quantitative estimate of drug-likeness (QED) is 0.784. The van der Waals surface area contributed by atoms with Crippen LogP contribution in [-0.2, 0) is 11.3 Å². The molecule has 6 heteroatoms. The molecule has 21 heavy (non-hydrogen) atoms. The van der Waals surface area contributed by atoms with Crippen LogP contribution in [0.2, 0.25) is 0 Å². The molecule has 0 atom stereocenters. The van der Waals surface area contributed by atoms with Crippen LogP contribution in [0.5, 0.6) is 0 Å². The lowest BCUT2D eigenvalue weighted by Gasteiger charge is -2.19. The fourth-order valence-electron chi connectivity index (χ4n) is 1.88. The van der Waals surface area contributed by atoms with Crippen molar-refractivity contribution in [1.82, 2.24) is 4.98 Å². The predicted octanol–water partition coefficient (Wildman–Crippen LogP) is 1.85. The lowest BCUT2D eigenvalue weighted by Crippen LogP contribution is -2.26. The molecule has 0 fully saturated rings. The molecule has 0 aliphatic heterocycles. The standard InChI is InChI=1S/C15H18N2O4/c1-2-20-14(19)13-11-21-15(16-13)17(8-9-18)10-12-6-4-3-5-7-12/h3-7,11,18H,2,8-10H2,1H3. The number of hydrogen-bond donors (Lipinski definition) is 1. The summed E-state index contributed by atoms with van der Waals surface area (Å²) in [5, 5.41) is 9.17. The summed E-state index contributed by atoms with van der Waals surface area (Å²) in [5.41, 5.74) is 1.18. The fraction of sp³-hybridized carbons (Fsp3) is 0.333. The van der Waals surface area contributed by atoms with Gasteiger partial charge < -0.3 is 19.2 Å². The van der Waals surface area contributed by atoms with E-state index in [9.17, 15) is 9.90 Å². The lowest BCUT2D eigenvalue weighted by molar-refractivity contribution is 0.0519. The van der Waals surface area contributed by atoms with Crippen molar-refractivity contribution in [2.24, 2.45) is 0 Å². The maximum absolute atomic E-state index is 11.6. The van der Waals surface area contributed by atoms with Crippen LogP contribution in [0, 0.1) is 0 Å². The third-order valence-corrected chi connectivity index (χ3v) is 2.83. The van der Waals surface area contributed by atoms with Crippen molar-refractivity contribution in [1.29, 1.82) is 0 Å². The van der Waals surface area contributed by atoms with Crippen LogP contribution >= 0.6 is 0 Å². The molecule has 2 aromatic rings. The zero-order valence-corrected chi connectivity index (χ0v) is 11.9. The Morgan fingerprint density at radius 2 is 2.14 bits per heavy atom. The van der Waals surface area contributed by atoms with Crippen LogP contribution in [0.4, 0.5) is 6.01 Å². The van der Waals surface area contributed by atoms with Gasteiger partial charge in [-0.05, 0) is 12.5 Å². The zero-order chi connectivity index (χ0) is 15.1. The molecule has 6 nitrogen and oxygen atoms in total. The summed E-state index contributed by atoms with van der Waals surface area (Å²) in [6, 6.07) is 10.0. The number of aliphatic hydroxyl groups is 1. The van der Waals surface area contributed by atoms with Gasteiger partial charge in [0.25, 0.3) is 6.01 Å². The summed E-state index contributed by atoms with van der Waals surface area (Å²) in [5.74, 6) is -0.517. The van der Waals surface area contributed by atoms with Gasteiger partial charge in [-0.25, -0.2) is 4.79 Å². The highest BCUT2D eigenvalue weighted by molar-refractivity contribution is 5.87. The Morgan fingerprint density at radius 1 is 1.38 bits per heavy atom. The predicted molar refractivity (Wildman–Crippen MR) is 77.0 cm³/mol. The van der Waals surface area contributed by atoms with Crippen LogP contribution in [0.25, 0.3) is 0 Å². The zero-order valence-electron chi connectivity index (χ0n) is 11.9. The van der Waals surface area contributed by atoms with Gasteiger partial charge in [0, 0.05) is 13.1 Å². The van der Waals surface area contributed by atoms with E-state index in [1.807, 2.05) is 30.3 Å². The summed E-state index contributed by atoms with van der Waals surface area (Å²) in [7, 11) is 0. The molecule has 1 aromatic carbocycles. The smallest absolute Gasteiger partial charge is 0.360 e. The second-order valence-electron chi connectivity index (χ2n) is 4.37. The Balaban J connectivity index is 2.13. The number of benzene rings is 1. The van der Waals surface area contributed by atoms with Gasteiger partial charge in [0.1, 0.15) is 6.26 Å². The minimum atomic E-state index is -0.517. The van der Waals surface area contributed by atoms with Gasteiger partial charge >= 0.3 is 5.97 Å². The first-order valence-corrected chi connectivity index (χ1v) is 6.77. The van der Waals surface area contributed by atoms with Crippen LogP contribution in [0.15, 0.2) is 41.0 Å². The van der Waals surface area contributed by atoms with Crippen molar-refractivity contribution in [2.45, 2.75) is 13.5 Å². The molecule has 0 saturated carbocycles. The number of carbonyl (C=O) groups excluding carboxylic acids is 1. The highest BCUT2D eigenvalue weighted by Crippen LogP contribution is 2.17. The van der Waals surface area contributed by atoms with E-state index in [1.54, 1.807) is 11.8 Å². The molecule has 0 saturated heterocycles. The monoisotopic (exact) mass is 290 g/mol. The average molecular weight is 290 g/mol. The normalized spacial score (nSPS) is 10.4. The number of esters is 1. The molecule has 0 aliphatic rings. The number of ether oxygens (including phenoxy) is 1. The van der Waals surface area contributed by atoms with Crippen LogP contribution < -0.4 is 4.90 Å². The summed E-state index contributed by atoms with van der Waals surface area (Å²) >= 11 is 0. The van der Waals surface area contributed by atoms with Crippen molar-refractivity contribution in [2.75, 3.05) is 24.7 Å². The number of oxazole rings is 1. The second kappa shape index (κ2) is 7.44. The number of anilines is 1. The van der Waals surface area contributed by atoms with E-state index in [2.05, 4.69) is 4.98 Å². The van der Waals surface area contributed by atoms with E-state index >= 15 is 0 Å². The molecule has 0 amide bonds. The number of aromatic nitrogens is 1. The van der Waals surface area contributed by atoms with E-state index in [0.717, 1.165) is 5.56 Å². The van der Waals surface area contributed by atoms with E-state index in [-0.39, 0.29) is 24.9 Å². The Labute approximate surface area is 123 Å². The average Bonchev–Trinajstić information content (AvgIpc) is 2.98. The lowest BCUT2D eigenvalue weighted by atomic mass is 10.2. The maximum Gasteiger partial charge on any atom is 0.360 e. The molecule has 0 radical (unpaired) electrons. The maximum atomic E-state index is 11.6. The SMILES string of the molecule is CCOC(=O)c1coc(N(CCO)Cc2ccccc2)n1. The highest BCUT2D eigenvalue weighted by Gasteiger charge is 2.17. The molecule has 0 spiro atoms. The van der Waals surface area contributed by atoms with Gasteiger partial charge in [0.15, 0.2) is 5.69 Å². The molecule has 0 bridgehead atoms. The summed E-state index contributed by atoms with van der Waals surface area (Å²) in [4.78, 5) is 17.5. The van der Waals surface area contributed by atoms with Crippen LogP contribution in [0.3, 0.4) is 0 Å². The number of carbonyl (C=O) groups is 1. The van der Waals surface area contributed by atoms with Crippen LogP contribution in [-0.4, -0.2) is 35.8 Å². The van der Waals surface area contributed by atoms with E-state index < -0.39 is 5.97 Å². The van der Waals surface area contributed by atoms with Crippen molar-refractivity contribution < 1.29 is 19.1 Å². The first-order valence-electron chi connectivity index (χ1n) is 6.77. The van der Waals surface area contributed by atoms with Gasteiger partial charge in [0.05, 0.1) is 13.2 Å². The summed E-state index contributed by atoms with van der Waals surface area (Å²) < 4.78 is 10.2. The third kappa shape index (κ3) is 4.06. The number of aliphatic hydroxyl groups excluding tert-OH is 1. The molecular formula is C15H18N2O4. The van der Waals surface area contributed by atoms with Crippen molar-refractivity contribution in [3.63, 3.8) is 0 Å². The second-order valence-corrected chi connectivity index (χ2v) is 4.37. The third-order valence-electron chi connectivity index (χ3n) is 2.83. The molecule has 112 valence electrons. The molecule has 1 N–H and O–H groups in total. The molecule has 1 aromatic heterocycles. The first kappa shape index (κ1) is 15.1. The van der Waals surface area contributed by atoms with E-state index in [1.165, 1.54) is 6.26 Å². The fourth-order valence-corrected chi connectivity index (χ4v) is 1.88. The Hall–Kier alpha value is -2.34. The molecule has 0 unspecified atom stereocenters. The van der Waals surface area contributed by atoms with Crippen molar-refractivity contribution in [3.05, 3.63) is 47.9 Å². The topological polar surface area (TPSA) is 75.8 Å². The van der Waals surface area contributed by atoms with Gasteiger partial charge in [-0.3, -0.25) is 0 Å². The van der Waals surface area contributed by atoms with Crippen molar-refractivity contribution >= 4 is 12.0 Å². The number of hydrogen-bond acceptors (Lipinski definition) is 6. The van der Waals surface area contributed by atoms with E-state index in [0.29, 0.717) is 13.1 Å². The highest BCUT2D eigenvalue weighted by atomic mass is 16.5. The molecule has 1 heterocycles. The number of rotatable bonds is 7. The minimum absolute atomic E-state index is 0.0377. The van der Waals surface area contributed by atoms with Gasteiger partial charge in [-0.2, -0.15) is 4.98 Å². The molecule has 0 aliphatic carbocycles. The Bertz CT molecular complexity index is 568. The van der Waals surface area contributed by atoms with E-state index in [4.69, 9.17) is 9.15 Å². The molecular weight excluding hydrogens is 272 g/mol. The van der Waals surface area contributed by atoms with Crippen molar-refractivity contribution in [3.8, 4) is 0 Å². The minimum Gasteiger partial charge on any atom is -0.461 e.